The first-order valence-corrected chi connectivity index (χ1v) is 10.8. The first-order chi connectivity index (χ1) is 16.4. The van der Waals surface area contributed by atoms with Crippen molar-refractivity contribution in [2.24, 2.45) is 0 Å². The highest BCUT2D eigenvalue weighted by molar-refractivity contribution is 6.31. The largest absolute Gasteiger partial charge is 0.324 e. The Morgan fingerprint density at radius 2 is 1.76 bits per heavy atom. The third-order valence-corrected chi connectivity index (χ3v) is 5.80. The zero-order valence-electron chi connectivity index (χ0n) is 17.9. The maximum Gasteiger partial charge on any atom is 0.261 e. The van der Waals surface area contributed by atoms with E-state index < -0.39 is 23.6 Å². The second-order valence-corrected chi connectivity index (χ2v) is 8.20. The van der Waals surface area contributed by atoms with Crippen LogP contribution in [-0.4, -0.2) is 20.7 Å². The first-order valence-electron chi connectivity index (χ1n) is 10.4. The van der Waals surface area contributed by atoms with Crippen LogP contribution in [0.2, 0.25) is 5.02 Å². The van der Waals surface area contributed by atoms with Gasteiger partial charge in [0.25, 0.3) is 11.9 Å². The summed E-state index contributed by atoms with van der Waals surface area (Å²) in [5.74, 6) is -1.66. The third-order valence-electron chi connectivity index (χ3n) is 5.47. The van der Waals surface area contributed by atoms with E-state index in [1.165, 1.54) is 35.0 Å². The molecule has 3 aromatic carbocycles. The second kappa shape index (κ2) is 8.72. The van der Waals surface area contributed by atoms with E-state index in [1.807, 2.05) is 31.2 Å². The van der Waals surface area contributed by atoms with Crippen LogP contribution < -0.4 is 10.6 Å². The summed E-state index contributed by atoms with van der Waals surface area (Å²) in [4.78, 5) is 16.9. The van der Waals surface area contributed by atoms with E-state index in [0.29, 0.717) is 5.70 Å². The minimum atomic E-state index is -0.743. The molecule has 4 aromatic rings. The van der Waals surface area contributed by atoms with Crippen molar-refractivity contribution >= 4 is 35.1 Å². The van der Waals surface area contributed by atoms with Crippen molar-refractivity contribution < 1.29 is 13.6 Å². The SMILES string of the molecule is Cc1ccc(C2=CC(c3c(F)cccc3Cl)n3nc(NC(=O)c4ccccc4F)nc3N2)cc1. The molecule has 1 aliphatic heterocycles. The molecule has 1 amide bonds. The van der Waals surface area contributed by atoms with E-state index in [1.54, 1.807) is 18.2 Å². The number of aryl methyl sites for hydroxylation is 1. The fourth-order valence-electron chi connectivity index (χ4n) is 3.76. The molecule has 0 spiro atoms. The number of carbonyl (C=O) groups is 1. The smallest absolute Gasteiger partial charge is 0.261 e. The van der Waals surface area contributed by atoms with Crippen molar-refractivity contribution in [1.29, 1.82) is 0 Å². The number of nitrogens with zero attached hydrogens (tertiary/aromatic N) is 3. The van der Waals surface area contributed by atoms with Gasteiger partial charge in [-0.1, -0.05) is 59.6 Å². The Labute approximate surface area is 198 Å². The standard InChI is InChI=1S/C25H18ClF2N5O/c1-14-9-11-15(12-10-14)20-13-21(22-17(26)6-4-8-19(22)28)33-25(29-20)31-24(32-33)30-23(34)16-5-2-3-7-18(16)27/h2-13,21H,1H3,(H2,29,30,31,32,34). The molecule has 5 rings (SSSR count). The van der Waals surface area contributed by atoms with Gasteiger partial charge in [-0.25, -0.2) is 13.5 Å². The highest BCUT2D eigenvalue weighted by atomic mass is 35.5. The number of halogens is 3. The molecule has 0 saturated carbocycles. The van der Waals surface area contributed by atoms with Crippen LogP contribution in [0.1, 0.15) is 33.1 Å². The van der Waals surface area contributed by atoms with Gasteiger partial charge in [-0.2, -0.15) is 4.98 Å². The van der Waals surface area contributed by atoms with E-state index in [2.05, 4.69) is 20.7 Å². The molecule has 2 heterocycles. The molecule has 1 aliphatic rings. The summed E-state index contributed by atoms with van der Waals surface area (Å²) in [6, 6.07) is 17.1. The molecule has 1 unspecified atom stereocenters. The summed E-state index contributed by atoms with van der Waals surface area (Å²) in [6.45, 7) is 1.98. The van der Waals surface area contributed by atoms with E-state index in [9.17, 15) is 13.6 Å². The fraction of sp³-hybridized carbons (Fsp3) is 0.0800. The zero-order valence-corrected chi connectivity index (χ0v) is 18.6. The first kappa shape index (κ1) is 21.8. The highest BCUT2D eigenvalue weighted by Crippen LogP contribution is 2.37. The number of anilines is 2. The molecular formula is C25H18ClF2N5O. The van der Waals surface area contributed by atoms with Gasteiger partial charge in [0, 0.05) is 16.3 Å². The minimum absolute atomic E-state index is 0.0632. The zero-order chi connectivity index (χ0) is 23.8. The Morgan fingerprint density at radius 3 is 2.50 bits per heavy atom. The van der Waals surface area contributed by atoms with Crippen molar-refractivity contribution in [1.82, 2.24) is 14.8 Å². The molecule has 0 aliphatic carbocycles. The molecule has 9 heteroatoms. The summed E-state index contributed by atoms with van der Waals surface area (Å²) in [5.41, 5.74) is 2.70. The van der Waals surface area contributed by atoms with Crippen molar-refractivity contribution in [2.75, 3.05) is 10.6 Å². The van der Waals surface area contributed by atoms with Crippen LogP contribution in [0.25, 0.3) is 5.70 Å². The number of fused-ring (bicyclic) bond motifs is 1. The molecule has 1 atom stereocenters. The summed E-state index contributed by atoms with van der Waals surface area (Å²) in [5, 5.41) is 10.3. The van der Waals surface area contributed by atoms with E-state index in [-0.39, 0.29) is 28.0 Å². The van der Waals surface area contributed by atoms with Crippen molar-refractivity contribution in [3.05, 3.63) is 112 Å². The Balaban J connectivity index is 1.56. The Bertz CT molecular complexity index is 1410. The monoisotopic (exact) mass is 477 g/mol. The highest BCUT2D eigenvalue weighted by Gasteiger charge is 2.29. The maximum atomic E-state index is 14.9. The molecule has 0 bridgehead atoms. The van der Waals surface area contributed by atoms with Gasteiger partial charge in [0.2, 0.25) is 5.95 Å². The van der Waals surface area contributed by atoms with Crippen LogP contribution in [-0.2, 0) is 0 Å². The van der Waals surface area contributed by atoms with Crippen molar-refractivity contribution in [2.45, 2.75) is 13.0 Å². The number of hydrogen-bond acceptors (Lipinski definition) is 4. The lowest BCUT2D eigenvalue weighted by Crippen LogP contribution is -2.21. The number of carbonyl (C=O) groups excluding carboxylic acids is 1. The van der Waals surface area contributed by atoms with Crippen LogP contribution in [0.3, 0.4) is 0 Å². The molecule has 1 aromatic heterocycles. The Kier molecular flexibility index (Phi) is 5.59. The number of allylic oxidation sites excluding steroid dienone is 1. The van der Waals surface area contributed by atoms with Crippen LogP contribution in [0, 0.1) is 18.6 Å². The normalized spacial score (nSPS) is 14.7. The summed E-state index contributed by atoms with van der Waals surface area (Å²) >= 11 is 6.37. The number of aromatic nitrogens is 3. The van der Waals surface area contributed by atoms with E-state index >= 15 is 0 Å². The Morgan fingerprint density at radius 1 is 1.03 bits per heavy atom. The lowest BCUT2D eigenvalue weighted by molar-refractivity contribution is 0.102. The number of nitrogens with one attached hydrogen (secondary N) is 2. The van der Waals surface area contributed by atoms with Gasteiger partial charge in [0.15, 0.2) is 0 Å². The molecular weight excluding hydrogens is 460 g/mol. The van der Waals surface area contributed by atoms with Gasteiger partial charge in [0.05, 0.1) is 5.56 Å². The van der Waals surface area contributed by atoms with Gasteiger partial charge < -0.3 is 5.32 Å². The molecule has 0 saturated heterocycles. The summed E-state index contributed by atoms with van der Waals surface area (Å²) < 4.78 is 30.3. The predicted molar refractivity (Wildman–Crippen MR) is 127 cm³/mol. The number of benzene rings is 3. The molecule has 0 radical (unpaired) electrons. The van der Waals surface area contributed by atoms with Crippen LogP contribution in [0.4, 0.5) is 20.7 Å². The van der Waals surface area contributed by atoms with Gasteiger partial charge in [0.1, 0.15) is 17.7 Å². The lowest BCUT2D eigenvalue weighted by atomic mass is 10.0. The van der Waals surface area contributed by atoms with Crippen molar-refractivity contribution in [3.8, 4) is 0 Å². The summed E-state index contributed by atoms with van der Waals surface area (Å²) in [6.07, 6.45) is 1.79. The molecule has 170 valence electrons. The average Bonchev–Trinajstić information content (AvgIpc) is 3.22. The summed E-state index contributed by atoms with van der Waals surface area (Å²) in [7, 11) is 0. The van der Waals surface area contributed by atoms with Gasteiger partial charge >= 0.3 is 0 Å². The van der Waals surface area contributed by atoms with Crippen LogP contribution in [0.5, 0.6) is 0 Å². The van der Waals surface area contributed by atoms with Crippen LogP contribution in [0.15, 0.2) is 72.8 Å². The number of amides is 1. The Hall–Kier alpha value is -4.04. The molecule has 2 N–H and O–H groups in total. The maximum absolute atomic E-state index is 14.9. The minimum Gasteiger partial charge on any atom is -0.324 e. The molecule has 34 heavy (non-hydrogen) atoms. The number of hydrogen-bond donors (Lipinski definition) is 2. The number of rotatable bonds is 4. The molecule has 6 nitrogen and oxygen atoms in total. The topological polar surface area (TPSA) is 71.8 Å². The fourth-order valence-corrected chi connectivity index (χ4v) is 4.04. The average molecular weight is 478 g/mol. The molecule has 0 fully saturated rings. The van der Waals surface area contributed by atoms with Gasteiger partial charge in [-0.15, -0.1) is 5.10 Å². The van der Waals surface area contributed by atoms with Crippen LogP contribution >= 0.6 is 11.6 Å². The second-order valence-electron chi connectivity index (χ2n) is 7.79. The third kappa shape index (κ3) is 4.04. The predicted octanol–water partition coefficient (Wildman–Crippen LogP) is 5.83. The van der Waals surface area contributed by atoms with E-state index in [0.717, 1.165) is 11.1 Å². The van der Waals surface area contributed by atoms with E-state index in [4.69, 9.17) is 11.6 Å². The van der Waals surface area contributed by atoms with Gasteiger partial charge in [-0.05, 0) is 42.8 Å². The lowest BCUT2D eigenvalue weighted by Gasteiger charge is -2.25. The van der Waals surface area contributed by atoms with Gasteiger partial charge in [-0.3, -0.25) is 10.1 Å². The quantitative estimate of drug-likeness (QED) is 0.388. The van der Waals surface area contributed by atoms with Crippen molar-refractivity contribution in [3.63, 3.8) is 0 Å².